The molecule has 2 amide bonds. The number of aliphatic hydroxyl groups is 1. The summed E-state index contributed by atoms with van der Waals surface area (Å²) < 4.78 is 5.79. The fraction of sp³-hybridized carbons (Fsp3) is 0.457. The highest BCUT2D eigenvalue weighted by Crippen LogP contribution is 2.23. The molecule has 0 saturated heterocycles. The number of nitrogens with one attached hydrogen (secondary N) is 2. The number of benzene rings is 2. The third-order valence-corrected chi connectivity index (χ3v) is 7.30. The molecule has 0 radical (unpaired) electrons. The van der Waals surface area contributed by atoms with E-state index in [2.05, 4.69) is 23.8 Å². The molecule has 3 N–H and O–H groups in total. The third-order valence-electron chi connectivity index (χ3n) is 7.30. The van der Waals surface area contributed by atoms with Gasteiger partial charge in [0.2, 0.25) is 11.8 Å². The second-order valence-corrected chi connectivity index (χ2v) is 11.9. The highest BCUT2D eigenvalue weighted by atomic mass is 16.5. The van der Waals surface area contributed by atoms with Crippen molar-refractivity contribution in [2.75, 3.05) is 13.2 Å². The van der Waals surface area contributed by atoms with Crippen LogP contribution in [-0.4, -0.2) is 48.2 Å². The Morgan fingerprint density at radius 3 is 2.00 bits per heavy atom. The van der Waals surface area contributed by atoms with Gasteiger partial charge in [-0.05, 0) is 48.6 Å². The van der Waals surface area contributed by atoms with Gasteiger partial charge < -0.3 is 20.5 Å². The minimum absolute atomic E-state index is 0.0180. The molecule has 0 fully saturated rings. The van der Waals surface area contributed by atoms with E-state index in [1.54, 1.807) is 12.2 Å². The molecule has 42 heavy (non-hydrogen) atoms. The van der Waals surface area contributed by atoms with Crippen LogP contribution in [0.2, 0.25) is 0 Å². The summed E-state index contributed by atoms with van der Waals surface area (Å²) in [6, 6.07) is 18.5. The number of hydrogen-bond acceptors (Lipinski definition) is 5. The van der Waals surface area contributed by atoms with Crippen molar-refractivity contribution >= 4 is 17.8 Å². The number of ether oxygens (including phenoxy) is 1. The fourth-order valence-electron chi connectivity index (χ4n) is 4.66. The summed E-state index contributed by atoms with van der Waals surface area (Å²) >= 11 is 0. The minimum Gasteiger partial charge on any atom is -0.463 e. The highest BCUT2D eigenvalue weighted by Gasteiger charge is 2.32. The Labute approximate surface area is 251 Å². The molecule has 2 aromatic rings. The summed E-state index contributed by atoms with van der Waals surface area (Å²) in [5.74, 6) is -1.92. The summed E-state index contributed by atoms with van der Waals surface area (Å²) in [6.07, 6.45) is 6.03. The second-order valence-electron chi connectivity index (χ2n) is 11.9. The van der Waals surface area contributed by atoms with E-state index in [4.69, 9.17) is 4.74 Å². The van der Waals surface area contributed by atoms with E-state index in [0.717, 1.165) is 11.1 Å². The van der Waals surface area contributed by atoms with Crippen LogP contribution in [0, 0.1) is 17.3 Å². The van der Waals surface area contributed by atoms with Gasteiger partial charge in [0.15, 0.2) is 0 Å². The Hall–Kier alpha value is -3.71. The minimum atomic E-state index is -0.655. The lowest BCUT2D eigenvalue weighted by molar-refractivity contribution is -0.151. The molecule has 2 rings (SSSR count). The molecule has 0 aliphatic heterocycles. The second kappa shape index (κ2) is 18.0. The van der Waals surface area contributed by atoms with Crippen LogP contribution in [0.5, 0.6) is 0 Å². The van der Waals surface area contributed by atoms with Gasteiger partial charge in [-0.1, -0.05) is 93.6 Å². The molecule has 0 aliphatic rings. The van der Waals surface area contributed by atoms with E-state index in [1.165, 1.54) is 0 Å². The first-order valence-electron chi connectivity index (χ1n) is 14.7. The van der Waals surface area contributed by atoms with E-state index >= 15 is 0 Å². The lowest BCUT2D eigenvalue weighted by Gasteiger charge is -2.32. The van der Waals surface area contributed by atoms with Crippen LogP contribution in [-0.2, 0) is 32.0 Å². The lowest BCUT2D eigenvalue weighted by atomic mass is 9.86. The van der Waals surface area contributed by atoms with Crippen molar-refractivity contribution < 1.29 is 24.2 Å². The van der Waals surface area contributed by atoms with E-state index in [-0.39, 0.29) is 43.3 Å². The Kier molecular flexibility index (Phi) is 14.7. The Morgan fingerprint density at radius 2 is 1.48 bits per heavy atom. The highest BCUT2D eigenvalue weighted by molar-refractivity contribution is 5.86. The monoisotopic (exact) mass is 576 g/mol. The van der Waals surface area contributed by atoms with Crippen molar-refractivity contribution in [3.8, 4) is 0 Å². The van der Waals surface area contributed by atoms with Gasteiger partial charge in [0, 0.05) is 6.42 Å². The number of allylic oxidation sites excluding steroid dienone is 2. The molecular weight excluding hydrogens is 528 g/mol. The van der Waals surface area contributed by atoms with Gasteiger partial charge in [0.1, 0.15) is 6.61 Å². The predicted octanol–water partition coefficient (Wildman–Crippen LogP) is 5.19. The van der Waals surface area contributed by atoms with E-state index in [0.29, 0.717) is 32.1 Å². The van der Waals surface area contributed by atoms with Crippen LogP contribution < -0.4 is 10.6 Å². The lowest BCUT2D eigenvalue weighted by Crippen LogP contribution is -2.50. The molecule has 0 aromatic heterocycles. The van der Waals surface area contributed by atoms with Gasteiger partial charge in [0.25, 0.3) is 0 Å². The summed E-state index contributed by atoms with van der Waals surface area (Å²) in [4.78, 5) is 39.4. The van der Waals surface area contributed by atoms with Crippen LogP contribution >= 0.6 is 0 Å². The molecule has 0 heterocycles. The Balaban J connectivity index is 2.02. The molecule has 2 aromatic carbocycles. The molecule has 4 unspecified atom stereocenters. The van der Waals surface area contributed by atoms with Crippen LogP contribution in [0.1, 0.15) is 57.6 Å². The van der Waals surface area contributed by atoms with Crippen LogP contribution in [0.15, 0.2) is 86.0 Å². The van der Waals surface area contributed by atoms with Crippen molar-refractivity contribution in [1.29, 1.82) is 0 Å². The SMILES string of the molecule is C=CCCC(Cc1ccccc1)C(=O)OCC(NC(=O)C(CC=C)CC(=O)NC(CO)Cc1ccccc1)C(C)(C)C. The maximum atomic E-state index is 13.4. The van der Waals surface area contributed by atoms with Gasteiger partial charge in [-0.15, -0.1) is 13.2 Å². The largest absolute Gasteiger partial charge is 0.463 e. The molecule has 0 spiro atoms. The summed E-state index contributed by atoms with van der Waals surface area (Å²) in [6.45, 7) is 13.3. The van der Waals surface area contributed by atoms with Crippen molar-refractivity contribution in [2.24, 2.45) is 17.3 Å². The average Bonchev–Trinajstić information content (AvgIpc) is 2.97. The Bertz CT molecular complexity index is 1130. The van der Waals surface area contributed by atoms with Crippen LogP contribution in [0.25, 0.3) is 0 Å². The van der Waals surface area contributed by atoms with Crippen molar-refractivity contribution in [3.05, 3.63) is 97.1 Å². The molecule has 7 heteroatoms. The molecule has 0 saturated carbocycles. The molecule has 0 bridgehead atoms. The first-order valence-corrected chi connectivity index (χ1v) is 14.7. The van der Waals surface area contributed by atoms with Gasteiger partial charge >= 0.3 is 5.97 Å². The zero-order valence-corrected chi connectivity index (χ0v) is 25.4. The normalized spacial score (nSPS) is 14.1. The van der Waals surface area contributed by atoms with Gasteiger partial charge in [0.05, 0.1) is 30.5 Å². The number of rotatable bonds is 18. The van der Waals surface area contributed by atoms with Crippen molar-refractivity contribution in [2.45, 2.75) is 71.4 Å². The maximum Gasteiger partial charge on any atom is 0.309 e. The van der Waals surface area contributed by atoms with Crippen LogP contribution in [0.4, 0.5) is 0 Å². The van der Waals surface area contributed by atoms with E-state index in [9.17, 15) is 19.5 Å². The van der Waals surface area contributed by atoms with Gasteiger partial charge in [-0.2, -0.15) is 0 Å². The summed E-state index contributed by atoms with van der Waals surface area (Å²) in [5, 5.41) is 15.7. The molecular formula is C35H48N2O5. The average molecular weight is 577 g/mol. The first-order chi connectivity index (χ1) is 20.1. The predicted molar refractivity (Wildman–Crippen MR) is 167 cm³/mol. The van der Waals surface area contributed by atoms with Crippen LogP contribution in [0.3, 0.4) is 0 Å². The standard InChI is InChI=1S/C35H48N2O5/c1-6-8-20-29(21-26-16-11-9-12-17-26)34(41)42-25-31(35(3,4)5)37-33(40)28(15-7-2)23-32(39)36-30(24-38)22-27-18-13-10-14-19-27/h6-7,9-14,16-19,28-31,38H,1-2,8,15,20-25H2,3-5H3,(H,36,39)(H,37,40). The zero-order valence-electron chi connectivity index (χ0n) is 25.4. The number of carbonyl (C=O) groups is 3. The van der Waals surface area contributed by atoms with Crippen molar-refractivity contribution in [3.63, 3.8) is 0 Å². The van der Waals surface area contributed by atoms with Gasteiger partial charge in [-0.3, -0.25) is 14.4 Å². The Morgan fingerprint density at radius 1 is 0.881 bits per heavy atom. The molecule has 4 atom stereocenters. The molecule has 228 valence electrons. The summed E-state index contributed by atoms with van der Waals surface area (Å²) in [5.41, 5.74) is 1.64. The smallest absolute Gasteiger partial charge is 0.309 e. The number of aliphatic hydroxyl groups excluding tert-OH is 1. The van der Waals surface area contributed by atoms with Crippen molar-refractivity contribution in [1.82, 2.24) is 10.6 Å². The number of hydrogen-bond donors (Lipinski definition) is 3. The number of carbonyl (C=O) groups excluding carboxylic acids is 3. The quantitative estimate of drug-likeness (QED) is 0.167. The number of esters is 1. The maximum absolute atomic E-state index is 13.4. The zero-order chi connectivity index (χ0) is 31.0. The topological polar surface area (TPSA) is 105 Å². The van der Waals surface area contributed by atoms with E-state index in [1.807, 2.05) is 81.4 Å². The fourth-order valence-corrected chi connectivity index (χ4v) is 4.66. The molecule has 7 nitrogen and oxygen atoms in total. The number of amides is 2. The van der Waals surface area contributed by atoms with Gasteiger partial charge in [-0.25, -0.2) is 0 Å². The third kappa shape index (κ3) is 12.4. The summed E-state index contributed by atoms with van der Waals surface area (Å²) in [7, 11) is 0. The molecule has 0 aliphatic carbocycles. The first kappa shape index (κ1) is 34.5. The van der Waals surface area contributed by atoms with E-state index < -0.39 is 23.4 Å².